The van der Waals surface area contributed by atoms with Gasteiger partial charge in [-0.3, -0.25) is 0 Å². The van der Waals surface area contributed by atoms with Crippen molar-refractivity contribution < 1.29 is 22.7 Å². The van der Waals surface area contributed by atoms with Gasteiger partial charge in [-0.2, -0.15) is 13.2 Å². The molecule has 1 unspecified atom stereocenters. The minimum atomic E-state index is -4.42. The molecular weight excluding hydrogens is 269 g/mol. The second kappa shape index (κ2) is 4.38. The highest BCUT2D eigenvalue weighted by molar-refractivity contribution is 5.41. The van der Waals surface area contributed by atoms with Crippen LogP contribution in [0, 0.1) is 0 Å². The minimum absolute atomic E-state index is 0.259. The molecule has 0 saturated carbocycles. The molecule has 0 fully saturated rings. The predicted octanol–water partition coefficient (Wildman–Crippen LogP) is 3.87. The molecule has 2 nitrogen and oxygen atoms in total. The molecule has 106 valence electrons. The van der Waals surface area contributed by atoms with Crippen LogP contribution in [0.5, 0.6) is 0 Å². The third kappa shape index (κ3) is 2.02. The fourth-order valence-corrected chi connectivity index (χ4v) is 2.79. The normalized spacial score (nSPS) is 22.6. The molecule has 20 heavy (non-hydrogen) atoms. The Hall–Kier alpha value is -1.75. The summed E-state index contributed by atoms with van der Waals surface area (Å²) in [5.41, 5.74) is -1.32. The second-order valence-corrected chi connectivity index (χ2v) is 5.05. The highest BCUT2D eigenvalue weighted by atomic mass is 19.4. The van der Waals surface area contributed by atoms with Crippen LogP contribution in [0.1, 0.15) is 35.3 Å². The van der Waals surface area contributed by atoms with Gasteiger partial charge in [0, 0.05) is 12.0 Å². The van der Waals surface area contributed by atoms with Crippen LogP contribution in [0.3, 0.4) is 0 Å². The van der Waals surface area contributed by atoms with Crippen LogP contribution >= 0.6 is 0 Å². The zero-order valence-corrected chi connectivity index (χ0v) is 10.6. The zero-order valence-electron chi connectivity index (χ0n) is 10.6. The summed E-state index contributed by atoms with van der Waals surface area (Å²) in [6.07, 6.45) is -1.19. The van der Waals surface area contributed by atoms with E-state index in [2.05, 4.69) is 0 Å². The molecule has 1 aliphatic rings. The SMILES string of the molecule is OC1(c2cccc(C(F)(F)F)c2)CCCc2occc21. The largest absolute Gasteiger partial charge is 0.469 e. The van der Waals surface area contributed by atoms with E-state index in [0.29, 0.717) is 30.6 Å². The van der Waals surface area contributed by atoms with E-state index in [9.17, 15) is 18.3 Å². The number of aliphatic hydroxyl groups is 1. The number of alkyl halides is 3. The number of rotatable bonds is 1. The first-order chi connectivity index (χ1) is 9.41. The molecule has 5 heteroatoms. The summed E-state index contributed by atoms with van der Waals surface area (Å²) < 4.78 is 43.7. The molecule has 1 atom stereocenters. The Balaban J connectivity index is 2.10. The number of aryl methyl sites for hydroxylation is 1. The zero-order chi connectivity index (χ0) is 14.4. The highest BCUT2D eigenvalue weighted by Crippen LogP contribution is 2.42. The lowest BCUT2D eigenvalue weighted by molar-refractivity contribution is -0.137. The standard InChI is InChI=1S/C15H13F3O2/c16-15(17,18)11-4-1-3-10(9-11)14(19)7-2-5-13-12(14)6-8-20-13/h1,3-4,6,8-9,19H,2,5,7H2. The van der Waals surface area contributed by atoms with Crippen molar-refractivity contribution in [2.24, 2.45) is 0 Å². The van der Waals surface area contributed by atoms with Gasteiger partial charge in [-0.15, -0.1) is 0 Å². The Labute approximate surface area is 113 Å². The van der Waals surface area contributed by atoms with Crippen LogP contribution in [0.15, 0.2) is 41.0 Å². The van der Waals surface area contributed by atoms with Crippen molar-refractivity contribution in [2.75, 3.05) is 0 Å². The Morgan fingerprint density at radius 3 is 2.75 bits per heavy atom. The number of furan rings is 1. The van der Waals surface area contributed by atoms with E-state index >= 15 is 0 Å². The van der Waals surface area contributed by atoms with Crippen LogP contribution in [0.2, 0.25) is 0 Å². The molecule has 3 rings (SSSR count). The molecule has 0 saturated heterocycles. The quantitative estimate of drug-likeness (QED) is 0.861. The van der Waals surface area contributed by atoms with E-state index in [1.165, 1.54) is 18.4 Å². The maximum atomic E-state index is 12.8. The highest BCUT2D eigenvalue weighted by Gasteiger charge is 2.39. The molecule has 1 aliphatic carbocycles. The van der Waals surface area contributed by atoms with Gasteiger partial charge in [0.2, 0.25) is 0 Å². The smallest absolute Gasteiger partial charge is 0.416 e. The Kier molecular flexibility index (Phi) is 2.90. The predicted molar refractivity (Wildman–Crippen MR) is 66.1 cm³/mol. The maximum Gasteiger partial charge on any atom is 0.416 e. The van der Waals surface area contributed by atoms with E-state index in [1.54, 1.807) is 6.07 Å². The van der Waals surface area contributed by atoms with Crippen molar-refractivity contribution in [3.8, 4) is 0 Å². The first-order valence-electron chi connectivity index (χ1n) is 6.38. The number of fused-ring (bicyclic) bond motifs is 1. The minimum Gasteiger partial charge on any atom is -0.469 e. The van der Waals surface area contributed by atoms with E-state index in [0.717, 1.165) is 12.1 Å². The summed E-state index contributed by atoms with van der Waals surface area (Å²) in [7, 11) is 0. The molecule has 1 aromatic heterocycles. The number of hydrogen-bond acceptors (Lipinski definition) is 2. The van der Waals surface area contributed by atoms with Crippen molar-refractivity contribution in [3.05, 3.63) is 59.0 Å². The Bertz CT molecular complexity index is 630. The summed E-state index contributed by atoms with van der Waals surface area (Å²) >= 11 is 0. The average Bonchev–Trinajstić information content (AvgIpc) is 2.88. The van der Waals surface area contributed by atoms with Gasteiger partial charge in [0.15, 0.2) is 0 Å². The van der Waals surface area contributed by atoms with Crippen molar-refractivity contribution in [3.63, 3.8) is 0 Å². The molecule has 1 heterocycles. The van der Waals surface area contributed by atoms with Crippen LogP contribution in [0.25, 0.3) is 0 Å². The van der Waals surface area contributed by atoms with Crippen LogP contribution in [-0.4, -0.2) is 5.11 Å². The summed E-state index contributed by atoms with van der Waals surface area (Å²) in [4.78, 5) is 0. The average molecular weight is 282 g/mol. The molecule has 0 amide bonds. The summed E-state index contributed by atoms with van der Waals surface area (Å²) in [6, 6.07) is 6.50. The Morgan fingerprint density at radius 2 is 2.00 bits per heavy atom. The van der Waals surface area contributed by atoms with Crippen molar-refractivity contribution in [1.82, 2.24) is 0 Å². The molecule has 0 spiro atoms. The molecule has 1 aromatic carbocycles. The number of halogens is 3. The van der Waals surface area contributed by atoms with Gasteiger partial charge in [-0.25, -0.2) is 0 Å². The fourth-order valence-electron chi connectivity index (χ4n) is 2.79. The monoisotopic (exact) mass is 282 g/mol. The summed E-state index contributed by atoms with van der Waals surface area (Å²) in [5.74, 6) is 0.649. The second-order valence-electron chi connectivity index (χ2n) is 5.05. The van der Waals surface area contributed by atoms with Crippen LogP contribution in [-0.2, 0) is 18.2 Å². The van der Waals surface area contributed by atoms with E-state index in [4.69, 9.17) is 4.42 Å². The van der Waals surface area contributed by atoms with E-state index < -0.39 is 17.3 Å². The van der Waals surface area contributed by atoms with Gasteiger partial charge >= 0.3 is 6.18 Å². The molecule has 0 bridgehead atoms. The van der Waals surface area contributed by atoms with Gasteiger partial charge in [0.1, 0.15) is 11.4 Å². The van der Waals surface area contributed by atoms with Crippen molar-refractivity contribution in [1.29, 1.82) is 0 Å². The van der Waals surface area contributed by atoms with Crippen molar-refractivity contribution >= 4 is 0 Å². The lowest BCUT2D eigenvalue weighted by Crippen LogP contribution is -2.31. The number of benzene rings is 1. The van der Waals surface area contributed by atoms with Crippen LogP contribution < -0.4 is 0 Å². The van der Waals surface area contributed by atoms with Crippen molar-refractivity contribution in [2.45, 2.75) is 31.0 Å². The van der Waals surface area contributed by atoms with Gasteiger partial charge in [0.25, 0.3) is 0 Å². The van der Waals surface area contributed by atoms with Gasteiger partial charge in [-0.05, 0) is 36.6 Å². The fraction of sp³-hybridized carbons (Fsp3) is 0.333. The third-order valence-electron chi connectivity index (χ3n) is 3.80. The van der Waals surface area contributed by atoms with Gasteiger partial charge < -0.3 is 9.52 Å². The number of hydrogen-bond donors (Lipinski definition) is 1. The molecule has 2 aromatic rings. The molecule has 0 aliphatic heterocycles. The van der Waals surface area contributed by atoms with E-state index in [-0.39, 0.29) is 5.56 Å². The molecule has 0 radical (unpaired) electrons. The van der Waals surface area contributed by atoms with Gasteiger partial charge in [-0.1, -0.05) is 12.1 Å². The molecule has 1 N–H and O–H groups in total. The topological polar surface area (TPSA) is 33.4 Å². The lowest BCUT2D eigenvalue weighted by Gasteiger charge is -2.32. The van der Waals surface area contributed by atoms with Crippen LogP contribution in [0.4, 0.5) is 13.2 Å². The van der Waals surface area contributed by atoms with Gasteiger partial charge in [0.05, 0.1) is 11.8 Å². The van der Waals surface area contributed by atoms with E-state index in [1.807, 2.05) is 0 Å². The molecular formula is C15H13F3O2. The third-order valence-corrected chi connectivity index (χ3v) is 3.80. The summed E-state index contributed by atoms with van der Waals surface area (Å²) in [6.45, 7) is 0. The summed E-state index contributed by atoms with van der Waals surface area (Å²) in [5, 5.41) is 10.8. The first-order valence-corrected chi connectivity index (χ1v) is 6.38. The maximum absolute atomic E-state index is 12.8. The first kappa shape index (κ1) is 13.2. The Morgan fingerprint density at radius 1 is 1.20 bits per heavy atom. The lowest BCUT2D eigenvalue weighted by atomic mass is 9.77.